The Morgan fingerprint density at radius 3 is 2.50 bits per heavy atom. The third-order valence-electron chi connectivity index (χ3n) is 5.31. The van der Waals surface area contributed by atoms with Gasteiger partial charge in [0.2, 0.25) is 15.9 Å². The van der Waals surface area contributed by atoms with Crippen molar-refractivity contribution in [1.82, 2.24) is 14.8 Å². The molecule has 1 aliphatic heterocycles. The molecular formula is C22H29N3O4S. The maximum atomic E-state index is 13.3. The highest BCUT2D eigenvalue weighted by atomic mass is 32.2. The minimum Gasteiger partial charge on any atom is -0.356 e. The topological polar surface area (TPSA) is 92.5 Å². The first kappa shape index (κ1) is 22.2. The summed E-state index contributed by atoms with van der Waals surface area (Å²) in [7, 11) is -3.76. The van der Waals surface area contributed by atoms with Crippen LogP contribution in [0.2, 0.25) is 0 Å². The second-order valence-electron chi connectivity index (χ2n) is 7.67. The van der Waals surface area contributed by atoms with Crippen molar-refractivity contribution in [3.05, 3.63) is 46.8 Å². The van der Waals surface area contributed by atoms with Gasteiger partial charge < -0.3 is 9.84 Å². The summed E-state index contributed by atoms with van der Waals surface area (Å²) in [5, 5.41) is 6.78. The van der Waals surface area contributed by atoms with Crippen LogP contribution in [0.15, 0.2) is 33.7 Å². The number of rotatable bonds is 7. The maximum Gasteiger partial charge on any atom is 0.248 e. The van der Waals surface area contributed by atoms with Gasteiger partial charge in [0.1, 0.15) is 5.69 Å². The molecule has 0 spiro atoms. The van der Waals surface area contributed by atoms with E-state index in [4.69, 9.17) is 4.52 Å². The summed E-state index contributed by atoms with van der Waals surface area (Å²) in [6, 6.07) is 7.89. The molecule has 1 aromatic carbocycles. The molecule has 2 heterocycles. The van der Waals surface area contributed by atoms with E-state index >= 15 is 0 Å². The fourth-order valence-corrected chi connectivity index (χ4v) is 5.25. The van der Waals surface area contributed by atoms with Crippen molar-refractivity contribution in [3.63, 3.8) is 0 Å². The molecule has 1 saturated heterocycles. The molecule has 1 fully saturated rings. The van der Waals surface area contributed by atoms with Crippen molar-refractivity contribution in [2.75, 3.05) is 19.6 Å². The van der Waals surface area contributed by atoms with Crippen LogP contribution in [0.25, 0.3) is 12.2 Å². The van der Waals surface area contributed by atoms with Crippen LogP contribution in [0, 0.1) is 19.8 Å². The molecule has 0 saturated carbocycles. The van der Waals surface area contributed by atoms with Crippen LogP contribution in [-0.4, -0.2) is 43.4 Å². The number of nitrogens with zero attached hydrogens (tertiary/aromatic N) is 2. The number of hydrogen-bond acceptors (Lipinski definition) is 5. The van der Waals surface area contributed by atoms with E-state index in [9.17, 15) is 13.2 Å². The lowest BCUT2D eigenvalue weighted by Crippen LogP contribution is -2.43. The van der Waals surface area contributed by atoms with Crippen LogP contribution in [0.3, 0.4) is 0 Å². The number of carbonyl (C=O) groups excluding carboxylic acids is 1. The van der Waals surface area contributed by atoms with Gasteiger partial charge in [-0.25, -0.2) is 8.42 Å². The van der Waals surface area contributed by atoms with E-state index in [0.717, 1.165) is 17.5 Å². The molecule has 8 heteroatoms. The molecule has 1 N–H and O–H groups in total. The first-order chi connectivity index (χ1) is 14.3. The molecule has 162 valence electrons. The Kier molecular flexibility index (Phi) is 7.10. The van der Waals surface area contributed by atoms with Gasteiger partial charge in [0, 0.05) is 25.6 Å². The zero-order valence-corrected chi connectivity index (χ0v) is 18.5. The minimum absolute atomic E-state index is 0.0109. The highest BCUT2D eigenvalue weighted by Crippen LogP contribution is 2.29. The van der Waals surface area contributed by atoms with Crippen molar-refractivity contribution in [2.24, 2.45) is 5.92 Å². The molecule has 3 rings (SSSR count). The summed E-state index contributed by atoms with van der Waals surface area (Å²) < 4.78 is 33.3. The Labute approximate surface area is 178 Å². The van der Waals surface area contributed by atoms with Crippen molar-refractivity contribution in [1.29, 1.82) is 0 Å². The van der Waals surface area contributed by atoms with Crippen LogP contribution in [-0.2, 0) is 14.8 Å². The molecule has 1 aliphatic rings. The predicted molar refractivity (Wildman–Crippen MR) is 116 cm³/mol. The third-order valence-corrected chi connectivity index (χ3v) is 7.37. The number of aromatic nitrogens is 1. The van der Waals surface area contributed by atoms with Crippen molar-refractivity contribution in [3.8, 4) is 0 Å². The molecule has 30 heavy (non-hydrogen) atoms. The molecule has 2 aromatic rings. The lowest BCUT2D eigenvalue weighted by Gasteiger charge is -2.30. The molecule has 0 bridgehead atoms. The predicted octanol–water partition coefficient (Wildman–Crippen LogP) is 3.39. The van der Waals surface area contributed by atoms with E-state index in [1.807, 2.05) is 44.2 Å². The van der Waals surface area contributed by atoms with Gasteiger partial charge in [-0.2, -0.15) is 4.31 Å². The van der Waals surface area contributed by atoms with Gasteiger partial charge in [-0.1, -0.05) is 48.0 Å². The van der Waals surface area contributed by atoms with E-state index in [2.05, 4.69) is 10.5 Å². The van der Waals surface area contributed by atoms with E-state index in [1.54, 1.807) is 13.0 Å². The minimum atomic E-state index is -3.76. The fraction of sp³-hybridized carbons (Fsp3) is 0.455. The molecule has 7 nitrogen and oxygen atoms in total. The van der Waals surface area contributed by atoms with Gasteiger partial charge >= 0.3 is 0 Å². The first-order valence-electron chi connectivity index (χ1n) is 10.3. The maximum absolute atomic E-state index is 13.3. The number of aryl methyl sites for hydroxylation is 2. The molecule has 1 amide bonds. The van der Waals surface area contributed by atoms with E-state index in [0.29, 0.717) is 38.2 Å². The molecule has 0 unspecified atom stereocenters. The number of amides is 1. The highest BCUT2D eigenvalue weighted by Gasteiger charge is 2.35. The summed E-state index contributed by atoms with van der Waals surface area (Å²) in [5.41, 5.74) is 2.43. The van der Waals surface area contributed by atoms with Crippen molar-refractivity contribution >= 4 is 28.1 Å². The molecule has 0 aliphatic carbocycles. The SMILES string of the molecule is CCCNC(=O)C1CCN(S(=O)(=O)c2c(C)noc2/C=C/c2ccc(C)cc2)CC1. The lowest BCUT2D eigenvalue weighted by molar-refractivity contribution is -0.126. The Morgan fingerprint density at radius 2 is 1.87 bits per heavy atom. The van der Waals surface area contributed by atoms with Gasteiger partial charge in [-0.3, -0.25) is 4.79 Å². The van der Waals surface area contributed by atoms with Gasteiger partial charge in [0.15, 0.2) is 10.7 Å². The lowest BCUT2D eigenvalue weighted by atomic mass is 9.97. The van der Waals surface area contributed by atoms with Crippen LogP contribution < -0.4 is 5.32 Å². The quantitative estimate of drug-likeness (QED) is 0.725. The Hall–Kier alpha value is -2.45. The largest absolute Gasteiger partial charge is 0.356 e. The van der Waals surface area contributed by atoms with E-state index < -0.39 is 10.0 Å². The normalized spacial score (nSPS) is 16.2. The molecule has 1 aromatic heterocycles. The van der Waals surface area contributed by atoms with Gasteiger partial charge in [-0.15, -0.1) is 0 Å². The smallest absolute Gasteiger partial charge is 0.248 e. The summed E-state index contributed by atoms with van der Waals surface area (Å²) in [6.07, 6.45) is 5.34. The average molecular weight is 432 g/mol. The summed E-state index contributed by atoms with van der Waals surface area (Å²) in [4.78, 5) is 12.3. The standard InChI is InChI=1S/C22H29N3O4S/c1-4-13-23-22(26)19-11-14-25(15-12-19)30(27,28)21-17(3)24-29-20(21)10-9-18-7-5-16(2)6-8-18/h5-10,19H,4,11-15H2,1-3H3,(H,23,26)/b10-9+. The van der Waals surface area contributed by atoms with Gasteiger partial charge in [0.05, 0.1) is 0 Å². The molecular weight excluding hydrogens is 402 g/mol. The number of benzene rings is 1. The van der Waals surface area contributed by atoms with Crippen molar-refractivity contribution < 1.29 is 17.7 Å². The first-order valence-corrected chi connectivity index (χ1v) is 11.8. The monoisotopic (exact) mass is 431 g/mol. The summed E-state index contributed by atoms with van der Waals surface area (Å²) >= 11 is 0. The van der Waals surface area contributed by atoms with Crippen molar-refractivity contribution in [2.45, 2.75) is 44.9 Å². The van der Waals surface area contributed by atoms with Crippen LogP contribution >= 0.6 is 0 Å². The number of sulfonamides is 1. The third kappa shape index (κ3) is 4.99. The highest BCUT2D eigenvalue weighted by molar-refractivity contribution is 7.89. The van der Waals surface area contributed by atoms with Crippen LogP contribution in [0.5, 0.6) is 0 Å². The second-order valence-corrected chi connectivity index (χ2v) is 9.55. The average Bonchev–Trinajstić information content (AvgIpc) is 3.13. The Balaban J connectivity index is 1.75. The molecule has 0 atom stereocenters. The fourth-order valence-electron chi connectivity index (χ4n) is 3.53. The number of nitrogens with one attached hydrogen (secondary N) is 1. The number of carbonyl (C=O) groups is 1. The van der Waals surface area contributed by atoms with Gasteiger partial charge in [-0.05, 0) is 44.7 Å². The van der Waals surface area contributed by atoms with Gasteiger partial charge in [0.25, 0.3) is 0 Å². The Morgan fingerprint density at radius 1 is 1.20 bits per heavy atom. The van der Waals surface area contributed by atoms with Crippen LogP contribution in [0.4, 0.5) is 0 Å². The summed E-state index contributed by atoms with van der Waals surface area (Å²) in [5.74, 6) is 0.0835. The van der Waals surface area contributed by atoms with Crippen LogP contribution in [0.1, 0.15) is 48.8 Å². The number of hydrogen-bond donors (Lipinski definition) is 1. The Bertz CT molecular complexity index is 1000. The van der Waals surface area contributed by atoms with E-state index in [1.165, 1.54) is 4.31 Å². The van der Waals surface area contributed by atoms with E-state index in [-0.39, 0.29) is 22.5 Å². The summed E-state index contributed by atoms with van der Waals surface area (Å²) in [6.45, 7) is 6.89. The molecule has 0 radical (unpaired) electrons. The zero-order chi connectivity index (χ0) is 21.7. The zero-order valence-electron chi connectivity index (χ0n) is 17.7. The second kappa shape index (κ2) is 9.57. The number of piperidine rings is 1.